The van der Waals surface area contributed by atoms with Crippen molar-refractivity contribution in [2.24, 2.45) is 5.92 Å². The summed E-state index contributed by atoms with van der Waals surface area (Å²) in [6, 6.07) is 8.71. The van der Waals surface area contributed by atoms with Gasteiger partial charge in [0.25, 0.3) is 0 Å². The first-order valence-corrected chi connectivity index (χ1v) is 7.11. The predicted molar refractivity (Wildman–Crippen MR) is 76.6 cm³/mol. The molecule has 2 heteroatoms. The molecule has 1 unspecified atom stereocenters. The third-order valence-electron chi connectivity index (χ3n) is 2.97. The monoisotopic (exact) mass is 252 g/mol. The summed E-state index contributed by atoms with van der Waals surface area (Å²) in [6.07, 6.45) is 2.22. The van der Waals surface area contributed by atoms with Gasteiger partial charge in [0.2, 0.25) is 0 Å². The molecule has 0 heterocycles. The Hall–Kier alpha value is -0.470. The third kappa shape index (κ3) is 5.60. The minimum Gasteiger partial charge on any atom is -0.396 e. The molecule has 0 spiro atoms. The van der Waals surface area contributed by atoms with Crippen molar-refractivity contribution < 1.29 is 5.11 Å². The molecule has 1 aromatic rings. The van der Waals surface area contributed by atoms with Crippen LogP contribution in [0.25, 0.3) is 0 Å². The Kier molecular flexibility index (Phi) is 5.54. The van der Waals surface area contributed by atoms with E-state index in [1.807, 2.05) is 11.8 Å². The van der Waals surface area contributed by atoms with Crippen LogP contribution in [-0.4, -0.2) is 16.5 Å². The van der Waals surface area contributed by atoms with Crippen LogP contribution in [0.15, 0.2) is 29.2 Å². The van der Waals surface area contributed by atoms with E-state index < -0.39 is 0 Å². The normalized spacial score (nSPS) is 13.7. The van der Waals surface area contributed by atoms with E-state index >= 15 is 0 Å². The fourth-order valence-corrected chi connectivity index (χ4v) is 2.79. The molecule has 0 radical (unpaired) electrons. The van der Waals surface area contributed by atoms with Crippen molar-refractivity contribution in [2.75, 3.05) is 6.61 Å². The first kappa shape index (κ1) is 14.6. The Balaban J connectivity index is 2.50. The van der Waals surface area contributed by atoms with Gasteiger partial charge in [-0.15, -0.1) is 11.8 Å². The first-order valence-electron chi connectivity index (χ1n) is 6.29. The highest BCUT2D eigenvalue weighted by atomic mass is 32.2. The molecule has 0 saturated carbocycles. The fraction of sp³-hybridized carbons (Fsp3) is 0.600. The van der Waals surface area contributed by atoms with Crippen molar-refractivity contribution >= 4 is 11.8 Å². The third-order valence-corrected chi connectivity index (χ3v) is 4.23. The molecule has 17 heavy (non-hydrogen) atoms. The van der Waals surface area contributed by atoms with Crippen molar-refractivity contribution in [3.05, 3.63) is 29.8 Å². The SMILES string of the molecule is Cc1ccc(SC(C)(C)CCC(C)CO)cc1. The van der Waals surface area contributed by atoms with Gasteiger partial charge >= 0.3 is 0 Å². The van der Waals surface area contributed by atoms with Crippen molar-refractivity contribution in [1.82, 2.24) is 0 Å². The van der Waals surface area contributed by atoms with Gasteiger partial charge in [-0.3, -0.25) is 0 Å². The summed E-state index contributed by atoms with van der Waals surface area (Å²) in [4.78, 5) is 1.33. The highest BCUT2D eigenvalue weighted by Crippen LogP contribution is 2.36. The number of aryl methyl sites for hydroxylation is 1. The Labute approximate surface area is 110 Å². The zero-order valence-electron chi connectivity index (χ0n) is 11.4. The molecule has 1 nitrogen and oxygen atoms in total. The molecule has 1 N–H and O–H groups in total. The van der Waals surface area contributed by atoms with Crippen LogP contribution in [0.1, 0.15) is 39.2 Å². The van der Waals surface area contributed by atoms with Gasteiger partial charge < -0.3 is 5.11 Å². The Morgan fingerprint density at radius 3 is 2.35 bits per heavy atom. The summed E-state index contributed by atoms with van der Waals surface area (Å²) >= 11 is 1.93. The zero-order chi connectivity index (χ0) is 12.9. The van der Waals surface area contributed by atoms with E-state index in [4.69, 9.17) is 5.11 Å². The molecular weight excluding hydrogens is 228 g/mol. The second-order valence-corrected chi connectivity index (χ2v) is 7.28. The van der Waals surface area contributed by atoms with Crippen LogP contribution in [0.4, 0.5) is 0 Å². The minimum absolute atomic E-state index is 0.235. The highest BCUT2D eigenvalue weighted by molar-refractivity contribution is 8.00. The van der Waals surface area contributed by atoms with Crippen molar-refractivity contribution in [3.8, 4) is 0 Å². The minimum atomic E-state index is 0.235. The molecule has 0 aliphatic rings. The van der Waals surface area contributed by atoms with E-state index in [1.165, 1.54) is 10.5 Å². The zero-order valence-corrected chi connectivity index (χ0v) is 12.2. The van der Waals surface area contributed by atoms with Crippen LogP contribution in [0, 0.1) is 12.8 Å². The van der Waals surface area contributed by atoms with E-state index in [2.05, 4.69) is 52.0 Å². The summed E-state index contributed by atoms with van der Waals surface area (Å²) in [7, 11) is 0. The van der Waals surface area contributed by atoms with Crippen LogP contribution >= 0.6 is 11.8 Å². The molecule has 0 amide bonds. The number of aliphatic hydroxyl groups excluding tert-OH is 1. The molecule has 0 aromatic heterocycles. The summed E-state index contributed by atoms with van der Waals surface area (Å²) < 4.78 is 0.235. The molecule has 0 saturated heterocycles. The van der Waals surface area contributed by atoms with E-state index in [9.17, 15) is 0 Å². The molecule has 0 aliphatic carbocycles. The average molecular weight is 252 g/mol. The number of hydrogen-bond acceptors (Lipinski definition) is 2. The Morgan fingerprint density at radius 1 is 1.24 bits per heavy atom. The van der Waals surface area contributed by atoms with Gasteiger partial charge in [0.1, 0.15) is 0 Å². The van der Waals surface area contributed by atoms with Gasteiger partial charge in [-0.05, 0) is 37.8 Å². The van der Waals surface area contributed by atoms with Gasteiger partial charge in [-0.25, -0.2) is 0 Å². The van der Waals surface area contributed by atoms with E-state index in [0.29, 0.717) is 12.5 Å². The molecule has 96 valence electrons. The van der Waals surface area contributed by atoms with Crippen molar-refractivity contribution in [1.29, 1.82) is 0 Å². The Morgan fingerprint density at radius 2 is 1.82 bits per heavy atom. The van der Waals surface area contributed by atoms with Crippen molar-refractivity contribution in [2.45, 2.75) is 50.2 Å². The van der Waals surface area contributed by atoms with Gasteiger partial charge in [0.05, 0.1) is 0 Å². The number of rotatable bonds is 6. The van der Waals surface area contributed by atoms with Crippen molar-refractivity contribution in [3.63, 3.8) is 0 Å². The number of hydrogen-bond donors (Lipinski definition) is 1. The summed E-state index contributed by atoms with van der Waals surface area (Å²) in [6.45, 7) is 9.07. The fourth-order valence-electron chi connectivity index (χ4n) is 1.66. The second-order valence-electron chi connectivity index (χ2n) is 5.50. The van der Waals surface area contributed by atoms with Crippen LogP contribution < -0.4 is 0 Å². The number of thioether (sulfide) groups is 1. The summed E-state index contributed by atoms with van der Waals surface area (Å²) in [5.74, 6) is 0.410. The topological polar surface area (TPSA) is 20.2 Å². The lowest BCUT2D eigenvalue weighted by Gasteiger charge is -2.25. The molecule has 1 atom stereocenters. The number of aliphatic hydroxyl groups is 1. The Bertz CT molecular complexity index is 329. The van der Waals surface area contributed by atoms with Crippen LogP contribution in [0.5, 0.6) is 0 Å². The maximum Gasteiger partial charge on any atom is 0.0456 e. The summed E-state index contributed by atoms with van der Waals surface area (Å²) in [5.41, 5.74) is 1.31. The van der Waals surface area contributed by atoms with Gasteiger partial charge in [0, 0.05) is 16.2 Å². The molecular formula is C15H24OS. The van der Waals surface area contributed by atoms with E-state index in [-0.39, 0.29) is 4.75 Å². The molecule has 1 rings (SSSR count). The lowest BCUT2D eigenvalue weighted by atomic mass is 9.99. The van der Waals surface area contributed by atoms with Gasteiger partial charge in [-0.2, -0.15) is 0 Å². The van der Waals surface area contributed by atoms with Crippen LogP contribution in [0.2, 0.25) is 0 Å². The highest BCUT2D eigenvalue weighted by Gasteiger charge is 2.20. The maximum absolute atomic E-state index is 9.05. The maximum atomic E-state index is 9.05. The molecule has 0 aliphatic heterocycles. The van der Waals surface area contributed by atoms with Crippen LogP contribution in [0.3, 0.4) is 0 Å². The first-order chi connectivity index (χ1) is 7.93. The predicted octanol–water partition coefficient (Wildman–Crippen LogP) is 4.27. The lowest BCUT2D eigenvalue weighted by molar-refractivity contribution is 0.225. The molecule has 0 fully saturated rings. The van der Waals surface area contributed by atoms with E-state index in [1.54, 1.807) is 0 Å². The largest absolute Gasteiger partial charge is 0.396 e. The van der Waals surface area contributed by atoms with Gasteiger partial charge in [-0.1, -0.05) is 38.5 Å². The second kappa shape index (κ2) is 6.46. The van der Waals surface area contributed by atoms with Gasteiger partial charge in [0.15, 0.2) is 0 Å². The quantitative estimate of drug-likeness (QED) is 0.763. The summed E-state index contributed by atoms with van der Waals surface area (Å²) in [5, 5.41) is 9.05. The van der Waals surface area contributed by atoms with Crippen LogP contribution in [-0.2, 0) is 0 Å². The number of benzene rings is 1. The average Bonchev–Trinajstić information content (AvgIpc) is 2.29. The van der Waals surface area contributed by atoms with E-state index in [0.717, 1.165) is 12.8 Å². The lowest BCUT2D eigenvalue weighted by Crippen LogP contribution is -2.16. The molecule has 1 aromatic carbocycles. The molecule has 0 bridgehead atoms. The standard InChI is InChI=1S/C15H24OS/c1-12-5-7-14(8-6-12)17-15(3,4)10-9-13(2)11-16/h5-8,13,16H,9-11H2,1-4H3. The smallest absolute Gasteiger partial charge is 0.0456 e.